The van der Waals surface area contributed by atoms with Gasteiger partial charge in [-0.1, -0.05) is 50.6 Å². The minimum Gasteiger partial charge on any atom is -0.402 e. The quantitative estimate of drug-likeness (QED) is 0.338. The molecule has 3 rings (SSSR count). The molecule has 0 unspecified atom stereocenters. The first kappa shape index (κ1) is 26.5. The number of hydrogen-bond acceptors (Lipinski definition) is 4. The Balaban J connectivity index is 1.98. The molecule has 5 heteroatoms. The van der Waals surface area contributed by atoms with Gasteiger partial charge in [-0.2, -0.15) is 0 Å². The van der Waals surface area contributed by atoms with Gasteiger partial charge in [0.15, 0.2) is 5.78 Å². The summed E-state index contributed by atoms with van der Waals surface area (Å²) < 4.78 is 2.11. The third-order valence-electron chi connectivity index (χ3n) is 6.16. The predicted octanol–water partition coefficient (Wildman–Crippen LogP) is 6.72. The van der Waals surface area contributed by atoms with Crippen LogP contribution in [0.25, 0.3) is 11.2 Å². The van der Waals surface area contributed by atoms with Gasteiger partial charge in [-0.15, -0.1) is 0 Å². The van der Waals surface area contributed by atoms with E-state index in [4.69, 9.17) is 10.7 Å². The van der Waals surface area contributed by atoms with Crippen LogP contribution in [-0.2, 0) is 17.6 Å². The van der Waals surface area contributed by atoms with E-state index in [-0.39, 0.29) is 16.7 Å². The second kappa shape index (κ2) is 10.3. The van der Waals surface area contributed by atoms with Gasteiger partial charge >= 0.3 is 0 Å². The van der Waals surface area contributed by atoms with E-state index in [1.807, 2.05) is 18.3 Å². The van der Waals surface area contributed by atoms with Crippen molar-refractivity contribution >= 4 is 22.8 Å². The van der Waals surface area contributed by atoms with E-state index in [0.717, 1.165) is 48.4 Å². The van der Waals surface area contributed by atoms with Crippen molar-refractivity contribution in [2.75, 3.05) is 5.32 Å². The van der Waals surface area contributed by atoms with E-state index >= 15 is 0 Å². The molecule has 0 saturated carbocycles. The number of Topliss-reactive ketones (excluding diaryl/α,β-unsaturated/α-hetero) is 1. The van der Waals surface area contributed by atoms with Crippen molar-refractivity contribution in [2.24, 2.45) is 11.1 Å². The van der Waals surface area contributed by atoms with Crippen LogP contribution in [0.2, 0.25) is 0 Å². The monoisotopic (exact) mass is 474 g/mol. The van der Waals surface area contributed by atoms with Crippen molar-refractivity contribution in [1.82, 2.24) is 9.38 Å². The average Bonchev–Trinajstić information content (AvgIpc) is 3.03. The molecule has 1 aromatic carbocycles. The highest BCUT2D eigenvalue weighted by molar-refractivity contribution is 6.20. The van der Waals surface area contributed by atoms with Crippen LogP contribution in [0, 0.1) is 12.3 Å². The third kappa shape index (κ3) is 6.97. The molecule has 0 bridgehead atoms. The topological polar surface area (TPSA) is 72.4 Å². The molecular weight excluding hydrogens is 432 g/mol. The van der Waals surface area contributed by atoms with Gasteiger partial charge in [0.05, 0.1) is 5.69 Å². The Morgan fingerprint density at radius 1 is 1.03 bits per heavy atom. The predicted molar refractivity (Wildman–Crippen MR) is 148 cm³/mol. The lowest BCUT2D eigenvalue weighted by atomic mass is 9.82. The number of allylic oxidation sites excluding steroid dienone is 2. The number of pyridine rings is 1. The molecule has 0 spiro atoms. The van der Waals surface area contributed by atoms with Crippen molar-refractivity contribution in [3.05, 3.63) is 70.7 Å². The lowest BCUT2D eigenvalue weighted by Gasteiger charge is -2.34. The smallest absolute Gasteiger partial charge is 0.162 e. The first-order valence-electron chi connectivity index (χ1n) is 12.6. The molecule has 35 heavy (non-hydrogen) atoms. The minimum atomic E-state index is -0.114. The van der Waals surface area contributed by atoms with Gasteiger partial charge in [0.25, 0.3) is 0 Å². The van der Waals surface area contributed by atoms with Crippen LogP contribution in [0.15, 0.2) is 48.3 Å². The van der Waals surface area contributed by atoms with Crippen molar-refractivity contribution in [3.63, 3.8) is 0 Å². The molecular formula is C30H42N4O. The summed E-state index contributed by atoms with van der Waals surface area (Å²) in [6.07, 6.45) is 5.90. The number of ketones is 1. The fourth-order valence-electron chi connectivity index (χ4n) is 5.17. The van der Waals surface area contributed by atoms with E-state index in [2.05, 4.69) is 75.5 Å². The van der Waals surface area contributed by atoms with Crippen LogP contribution in [0.1, 0.15) is 83.7 Å². The summed E-state index contributed by atoms with van der Waals surface area (Å²) in [7, 11) is 0. The summed E-state index contributed by atoms with van der Waals surface area (Å²) in [6.45, 7) is 16.7. The van der Waals surface area contributed by atoms with Crippen molar-refractivity contribution in [1.29, 1.82) is 0 Å². The Morgan fingerprint density at radius 2 is 1.69 bits per heavy atom. The number of carbonyl (C=O) groups excluding carboxylic acids is 1. The minimum absolute atomic E-state index is 0.0381. The molecule has 2 heterocycles. The van der Waals surface area contributed by atoms with Crippen molar-refractivity contribution in [2.45, 2.75) is 86.6 Å². The Labute approximate surface area is 210 Å². The van der Waals surface area contributed by atoms with Gasteiger partial charge in [0.1, 0.15) is 11.5 Å². The standard InChI is InChI=1S/C30H42N4O/c1-20-12-14-23(15-13-20)10-9-11-25-28(33-30(7,8)19-29(4,5)6)34-17-16-24(18-26(34)32-25)27(21(2)31)22(3)35/h12-18,33H,9-11,19,31H2,1-8H3. The number of nitrogens with one attached hydrogen (secondary N) is 1. The maximum atomic E-state index is 12.2. The number of aryl methyl sites for hydroxylation is 3. The van der Waals surface area contributed by atoms with E-state index in [0.29, 0.717) is 11.3 Å². The zero-order chi connectivity index (χ0) is 26.0. The average molecular weight is 475 g/mol. The highest BCUT2D eigenvalue weighted by atomic mass is 16.1. The van der Waals surface area contributed by atoms with Crippen molar-refractivity contribution < 1.29 is 4.79 Å². The Kier molecular flexibility index (Phi) is 7.78. The van der Waals surface area contributed by atoms with E-state index in [1.54, 1.807) is 13.8 Å². The largest absolute Gasteiger partial charge is 0.402 e. The Bertz CT molecular complexity index is 1220. The maximum Gasteiger partial charge on any atom is 0.162 e. The van der Waals surface area contributed by atoms with Crippen LogP contribution in [0.4, 0.5) is 5.82 Å². The molecule has 0 aliphatic rings. The highest BCUT2D eigenvalue weighted by Gasteiger charge is 2.28. The molecule has 2 aromatic heterocycles. The van der Waals surface area contributed by atoms with E-state index in [9.17, 15) is 4.79 Å². The number of anilines is 1. The number of fused-ring (bicyclic) bond motifs is 1. The first-order valence-corrected chi connectivity index (χ1v) is 12.6. The SMILES string of the molecule is CC(=O)C(=C(C)N)c1ccn2c(NC(C)(C)CC(C)(C)C)c(CCCc3ccc(C)cc3)nc2c1. The number of imidazole rings is 1. The summed E-state index contributed by atoms with van der Waals surface area (Å²) in [5.41, 5.74) is 12.5. The molecule has 0 saturated heterocycles. The van der Waals surface area contributed by atoms with Gasteiger partial charge in [0, 0.05) is 23.0 Å². The summed E-state index contributed by atoms with van der Waals surface area (Å²) in [6, 6.07) is 12.7. The van der Waals surface area contributed by atoms with Gasteiger partial charge in [-0.25, -0.2) is 4.98 Å². The van der Waals surface area contributed by atoms with Gasteiger partial charge in [-0.3, -0.25) is 9.20 Å². The molecule has 188 valence electrons. The molecule has 0 aliphatic heterocycles. The van der Waals surface area contributed by atoms with Gasteiger partial charge in [0.2, 0.25) is 0 Å². The van der Waals surface area contributed by atoms with Crippen LogP contribution in [0.3, 0.4) is 0 Å². The second-order valence-electron chi connectivity index (χ2n) is 11.8. The second-order valence-corrected chi connectivity index (χ2v) is 11.8. The molecule has 3 aromatic rings. The third-order valence-corrected chi connectivity index (χ3v) is 6.16. The lowest BCUT2D eigenvalue weighted by molar-refractivity contribution is -0.111. The van der Waals surface area contributed by atoms with Crippen LogP contribution < -0.4 is 11.1 Å². The Hall–Kier alpha value is -3.08. The van der Waals surface area contributed by atoms with Crippen LogP contribution >= 0.6 is 0 Å². The van der Waals surface area contributed by atoms with Gasteiger partial charge < -0.3 is 11.1 Å². The molecule has 0 amide bonds. The molecule has 0 fully saturated rings. The summed E-state index contributed by atoms with van der Waals surface area (Å²) in [5.74, 6) is 0.992. The molecule has 0 radical (unpaired) electrons. The number of benzene rings is 1. The van der Waals surface area contributed by atoms with Gasteiger partial charge in [-0.05, 0) is 89.0 Å². The fourth-order valence-corrected chi connectivity index (χ4v) is 5.17. The lowest BCUT2D eigenvalue weighted by Crippen LogP contribution is -2.36. The number of aromatic nitrogens is 2. The van der Waals surface area contributed by atoms with Crippen molar-refractivity contribution in [3.8, 4) is 0 Å². The maximum absolute atomic E-state index is 12.2. The molecule has 0 atom stereocenters. The van der Waals surface area contributed by atoms with E-state index in [1.165, 1.54) is 11.1 Å². The van der Waals surface area contributed by atoms with E-state index < -0.39 is 0 Å². The summed E-state index contributed by atoms with van der Waals surface area (Å²) >= 11 is 0. The highest BCUT2D eigenvalue weighted by Crippen LogP contribution is 2.32. The number of carbonyl (C=O) groups is 1. The summed E-state index contributed by atoms with van der Waals surface area (Å²) in [5, 5.41) is 3.81. The van der Waals surface area contributed by atoms with Crippen LogP contribution in [-0.4, -0.2) is 20.7 Å². The number of nitrogens with zero attached hydrogens (tertiary/aromatic N) is 2. The molecule has 5 nitrogen and oxygen atoms in total. The molecule has 3 N–H and O–H groups in total. The number of nitrogens with two attached hydrogens (primary N) is 1. The number of rotatable bonds is 9. The van der Waals surface area contributed by atoms with Crippen LogP contribution in [0.5, 0.6) is 0 Å². The normalized spacial score (nSPS) is 13.1. The zero-order valence-electron chi connectivity index (χ0n) is 22.7. The summed E-state index contributed by atoms with van der Waals surface area (Å²) in [4.78, 5) is 17.3. The Morgan fingerprint density at radius 3 is 2.26 bits per heavy atom. The molecule has 0 aliphatic carbocycles. The number of hydrogen-bond donors (Lipinski definition) is 2. The first-order chi connectivity index (χ1) is 16.3. The fraction of sp³-hybridized carbons (Fsp3) is 0.467. The zero-order valence-corrected chi connectivity index (χ0v) is 22.7.